The molecule has 1 saturated heterocycles. The van der Waals surface area contributed by atoms with Gasteiger partial charge in [0.1, 0.15) is 31.1 Å². The van der Waals surface area contributed by atoms with Crippen molar-refractivity contribution in [1.82, 2.24) is 10.2 Å². The number of benzene rings is 2. The molecule has 2 N–H and O–H groups in total. The maximum absolute atomic E-state index is 15.2. The van der Waals surface area contributed by atoms with Gasteiger partial charge in [-0.25, -0.2) is 4.39 Å². The number of carbonyl (C=O) groups is 1. The van der Waals surface area contributed by atoms with E-state index in [-0.39, 0.29) is 18.7 Å². The Kier molecular flexibility index (Phi) is 6.76. The molecule has 1 aromatic heterocycles. The minimum atomic E-state index is -4.04. The van der Waals surface area contributed by atoms with E-state index in [0.717, 1.165) is 6.07 Å². The summed E-state index contributed by atoms with van der Waals surface area (Å²) in [6.07, 6.45) is -2.15. The van der Waals surface area contributed by atoms with Crippen LogP contribution in [0.4, 0.5) is 13.2 Å². The fraction of sp³-hybridized carbons (Fsp3) is 0.400. The van der Waals surface area contributed by atoms with E-state index in [0.29, 0.717) is 53.7 Å². The Balaban J connectivity index is 1.39. The Labute approximate surface area is 209 Å². The van der Waals surface area contributed by atoms with Gasteiger partial charge in [-0.3, -0.25) is 9.69 Å². The minimum absolute atomic E-state index is 0.0341. The molecule has 5 rings (SSSR count). The number of amides is 1. The molecule has 3 atom stereocenters. The first-order valence-corrected chi connectivity index (χ1v) is 11.9. The van der Waals surface area contributed by atoms with E-state index in [1.54, 1.807) is 23.1 Å². The Morgan fingerprint density at radius 3 is 2.69 bits per heavy atom. The highest BCUT2D eigenvalue weighted by atomic mass is 35.5. The van der Waals surface area contributed by atoms with Crippen molar-refractivity contribution in [2.75, 3.05) is 32.8 Å². The first kappa shape index (κ1) is 24.7. The van der Waals surface area contributed by atoms with Crippen molar-refractivity contribution in [3.05, 3.63) is 58.8 Å². The maximum Gasteiger partial charge on any atom is 0.380 e. The number of ether oxygens (including phenoxy) is 2. The van der Waals surface area contributed by atoms with E-state index in [1.165, 1.54) is 18.2 Å². The van der Waals surface area contributed by atoms with Crippen LogP contribution in [0.3, 0.4) is 0 Å². The molecule has 0 aliphatic carbocycles. The highest BCUT2D eigenvalue weighted by Crippen LogP contribution is 2.36. The highest BCUT2D eigenvalue weighted by Gasteiger charge is 2.46. The van der Waals surface area contributed by atoms with Gasteiger partial charge in [-0.05, 0) is 48.4 Å². The van der Waals surface area contributed by atoms with Crippen molar-refractivity contribution < 1.29 is 37.0 Å². The van der Waals surface area contributed by atoms with Crippen LogP contribution in [0, 0.1) is 0 Å². The summed E-state index contributed by atoms with van der Waals surface area (Å²) in [4.78, 5) is 14.5. The number of aliphatic hydroxyl groups excluding tert-OH is 1. The number of nitrogens with one attached hydrogen (secondary N) is 1. The fourth-order valence-corrected chi connectivity index (χ4v) is 4.65. The predicted molar refractivity (Wildman–Crippen MR) is 125 cm³/mol. The van der Waals surface area contributed by atoms with E-state index >= 15 is 8.78 Å². The lowest BCUT2D eigenvalue weighted by atomic mass is 10.0. The first-order chi connectivity index (χ1) is 17.2. The smallest absolute Gasteiger partial charge is 0.380 e. The van der Waals surface area contributed by atoms with Crippen LogP contribution >= 0.6 is 11.6 Å². The van der Waals surface area contributed by atoms with Crippen LogP contribution < -0.4 is 14.8 Å². The van der Waals surface area contributed by atoms with Gasteiger partial charge in [0, 0.05) is 30.0 Å². The number of hydrogen-bond acceptors (Lipinski definition) is 6. The molecule has 3 aromatic rings. The number of alkyl halides is 3. The van der Waals surface area contributed by atoms with Crippen LogP contribution in [0.1, 0.15) is 23.8 Å². The Hall–Kier alpha value is -2.95. The first-order valence-electron chi connectivity index (χ1n) is 11.5. The summed E-state index contributed by atoms with van der Waals surface area (Å²) in [5.74, 6) is -5.64. The number of halogens is 4. The molecule has 0 bridgehead atoms. The molecule has 0 saturated carbocycles. The average Bonchev–Trinajstić information content (AvgIpc) is 3.48. The normalized spacial score (nSPS) is 19.9. The average molecular weight is 525 g/mol. The molecule has 2 aliphatic heterocycles. The Morgan fingerprint density at radius 2 is 1.94 bits per heavy atom. The number of likely N-dealkylation sites (tertiary alicyclic amines) is 1. The third-order valence-electron chi connectivity index (χ3n) is 6.35. The number of furan rings is 1. The molecule has 0 spiro atoms. The van der Waals surface area contributed by atoms with Gasteiger partial charge in [-0.1, -0.05) is 17.7 Å². The molecular formula is C25H24ClF3N2O5. The third kappa shape index (κ3) is 4.98. The van der Waals surface area contributed by atoms with Gasteiger partial charge in [0.2, 0.25) is 0 Å². The number of rotatable bonds is 7. The number of aliphatic hydroxyl groups is 1. The highest BCUT2D eigenvalue weighted by molar-refractivity contribution is 6.31. The lowest BCUT2D eigenvalue weighted by Crippen LogP contribution is -2.51. The van der Waals surface area contributed by atoms with Crippen molar-refractivity contribution >= 4 is 28.5 Å². The second-order valence-electron chi connectivity index (χ2n) is 8.94. The SMILES string of the molecule is O=C(N[C@H](CN1CC[C@@H](F)C1)[C@H](O)c1ccc2c(c1)OCCO2)C(F)(F)c1cc2cc(Cl)ccc2o1. The number of carbonyl (C=O) groups excluding carboxylic acids is 1. The summed E-state index contributed by atoms with van der Waals surface area (Å²) in [7, 11) is 0. The van der Waals surface area contributed by atoms with Gasteiger partial charge in [0.25, 0.3) is 5.91 Å². The topological polar surface area (TPSA) is 84.2 Å². The fourth-order valence-electron chi connectivity index (χ4n) is 4.47. The van der Waals surface area contributed by atoms with E-state index in [1.807, 2.05) is 0 Å². The van der Waals surface area contributed by atoms with Gasteiger partial charge < -0.3 is 24.3 Å². The van der Waals surface area contributed by atoms with Crippen LogP contribution in [0.25, 0.3) is 11.0 Å². The van der Waals surface area contributed by atoms with Crippen molar-refractivity contribution in [2.45, 2.75) is 30.7 Å². The van der Waals surface area contributed by atoms with Gasteiger partial charge in [0.15, 0.2) is 17.3 Å². The maximum atomic E-state index is 15.2. The predicted octanol–water partition coefficient (Wildman–Crippen LogP) is 4.21. The second kappa shape index (κ2) is 9.84. The van der Waals surface area contributed by atoms with Crippen LogP contribution in [-0.2, 0) is 10.7 Å². The van der Waals surface area contributed by atoms with E-state index in [2.05, 4.69) is 5.32 Å². The monoisotopic (exact) mass is 524 g/mol. The van der Waals surface area contributed by atoms with Crippen molar-refractivity contribution in [2.24, 2.45) is 0 Å². The number of hydrogen-bond donors (Lipinski definition) is 2. The van der Waals surface area contributed by atoms with Crippen LogP contribution in [0.15, 0.2) is 46.9 Å². The van der Waals surface area contributed by atoms with E-state index in [4.69, 9.17) is 25.5 Å². The molecule has 192 valence electrons. The quantitative estimate of drug-likeness (QED) is 0.482. The summed E-state index contributed by atoms with van der Waals surface area (Å²) in [6, 6.07) is 8.98. The van der Waals surface area contributed by atoms with Crippen molar-refractivity contribution in [3.8, 4) is 11.5 Å². The minimum Gasteiger partial charge on any atom is -0.486 e. The molecule has 36 heavy (non-hydrogen) atoms. The zero-order valence-corrected chi connectivity index (χ0v) is 19.8. The van der Waals surface area contributed by atoms with Crippen LogP contribution in [0.2, 0.25) is 5.02 Å². The number of nitrogens with zero attached hydrogens (tertiary/aromatic N) is 1. The van der Waals surface area contributed by atoms with Crippen molar-refractivity contribution in [1.29, 1.82) is 0 Å². The summed E-state index contributed by atoms with van der Waals surface area (Å²) >= 11 is 5.92. The molecule has 0 unspecified atom stereocenters. The Bertz CT molecular complexity index is 1270. The summed E-state index contributed by atoms with van der Waals surface area (Å²) in [5.41, 5.74) is 0.489. The van der Waals surface area contributed by atoms with Crippen LogP contribution in [0.5, 0.6) is 11.5 Å². The van der Waals surface area contributed by atoms with Gasteiger partial charge >= 0.3 is 5.92 Å². The molecular weight excluding hydrogens is 501 g/mol. The molecule has 11 heteroatoms. The van der Waals surface area contributed by atoms with Gasteiger partial charge in [-0.2, -0.15) is 8.78 Å². The van der Waals surface area contributed by atoms with Crippen molar-refractivity contribution in [3.63, 3.8) is 0 Å². The lowest BCUT2D eigenvalue weighted by Gasteiger charge is -2.30. The third-order valence-corrected chi connectivity index (χ3v) is 6.58. The van der Waals surface area contributed by atoms with Gasteiger partial charge in [0.05, 0.1) is 6.04 Å². The summed E-state index contributed by atoms with van der Waals surface area (Å²) in [5, 5.41) is 14.1. The zero-order chi connectivity index (χ0) is 25.4. The van der Waals surface area contributed by atoms with E-state index in [9.17, 15) is 14.3 Å². The summed E-state index contributed by atoms with van der Waals surface area (Å²) in [6.45, 7) is 1.14. The Morgan fingerprint density at radius 1 is 1.17 bits per heavy atom. The standard InChI is InChI=1S/C25H24ClF3N2O5/c26-16-2-4-19-15(9-16)11-22(36-19)25(28,29)24(33)30-18(13-31-6-5-17(27)12-31)23(32)14-1-3-20-21(10-14)35-8-7-34-20/h1-4,9-11,17-18,23,32H,5-8,12-13H2,(H,30,33)/t17-,18-,23-/m1/s1. The van der Waals surface area contributed by atoms with Crippen LogP contribution in [-0.4, -0.2) is 61.0 Å². The molecule has 1 fully saturated rings. The van der Waals surface area contributed by atoms with Gasteiger partial charge in [-0.15, -0.1) is 0 Å². The molecule has 1 amide bonds. The van der Waals surface area contributed by atoms with E-state index < -0.39 is 35.9 Å². The molecule has 2 aliphatic rings. The zero-order valence-electron chi connectivity index (χ0n) is 19.1. The molecule has 3 heterocycles. The molecule has 0 radical (unpaired) electrons. The molecule has 7 nitrogen and oxygen atoms in total. The summed E-state index contributed by atoms with van der Waals surface area (Å²) < 4.78 is 60.4. The number of fused-ring (bicyclic) bond motifs is 2. The second-order valence-corrected chi connectivity index (χ2v) is 9.38. The largest absolute Gasteiger partial charge is 0.486 e. The molecule has 2 aromatic carbocycles. The lowest BCUT2D eigenvalue weighted by molar-refractivity contribution is -0.151.